The minimum atomic E-state index is 0.345. The van der Waals surface area contributed by atoms with Crippen molar-refractivity contribution in [2.45, 2.75) is 80.4 Å². The van der Waals surface area contributed by atoms with Crippen molar-refractivity contribution in [2.24, 2.45) is 5.73 Å². The summed E-state index contributed by atoms with van der Waals surface area (Å²) >= 11 is 5.49. The topological polar surface area (TPSA) is 26.0 Å². The lowest BCUT2D eigenvalue weighted by Gasteiger charge is -2.24. The molecule has 1 saturated carbocycles. The van der Waals surface area contributed by atoms with Crippen LogP contribution in [0.3, 0.4) is 0 Å². The average molecular weight is 370 g/mol. The molecule has 3 heteroatoms. The highest BCUT2D eigenvalue weighted by Gasteiger charge is 2.19. The van der Waals surface area contributed by atoms with Crippen molar-refractivity contribution in [3.63, 3.8) is 0 Å². The summed E-state index contributed by atoms with van der Waals surface area (Å²) in [5.41, 5.74) is 6.51. The molecule has 21 heavy (non-hydrogen) atoms. The second-order valence-electron chi connectivity index (χ2n) is 6.18. The predicted octanol–water partition coefficient (Wildman–Crippen LogP) is 6.15. The molecule has 1 aromatic carbocycles. The van der Waals surface area contributed by atoms with Gasteiger partial charge in [-0.25, -0.2) is 0 Å². The Bertz CT molecular complexity index is 393. The molecule has 2 rings (SSSR count). The van der Waals surface area contributed by atoms with Crippen LogP contribution < -0.4 is 5.73 Å². The molecule has 0 radical (unpaired) electrons. The van der Waals surface area contributed by atoms with Crippen molar-refractivity contribution in [2.75, 3.05) is 0 Å². The highest BCUT2D eigenvalue weighted by molar-refractivity contribution is 9.10. The average Bonchev–Trinajstić information content (AvgIpc) is 2.48. The zero-order valence-corrected chi connectivity index (χ0v) is 15.3. The maximum Gasteiger partial charge on any atom is 0.0246 e. The first kappa shape index (κ1) is 17.4. The number of benzene rings is 1. The van der Waals surface area contributed by atoms with Crippen LogP contribution in [0.5, 0.6) is 0 Å². The Labute approximate surface area is 142 Å². The minimum Gasteiger partial charge on any atom is -0.327 e. The lowest BCUT2D eigenvalue weighted by Crippen LogP contribution is -2.32. The van der Waals surface area contributed by atoms with Gasteiger partial charge in [0.1, 0.15) is 0 Å². The van der Waals surface area contributed by atoms with Gasteiger partial charge in [0.2, 0.25) is 0 Å². The molecule has 118 valence electrons. The molecule has 1 aromatic rings. The largest absolute Gasteiger partial charge is 0.327 e. The van der Waals surface area contributed by atoms with E-state index in [0.29, 0.717) is 11.3 Å². The molecule has 1 aliphatic carbocycles. The molecule has 0 aliphatic heterocycles. The molecular weight excluding hydrogens is 342 g/mol. The van der Waals surface area contributed by atoms with E-state index >= 15 is 0 Å². The van der Waals surface area contributed by atoms with Gasteiger partial charge < -0.3 is 5.73 Å². The quantitative estimate of drug-likeness (QED) is 0.675. The van der Waals surface area contributed by atoms with Gasteiger partial charge in [-0.3, -0.25) is 0 Å². The van der Waals surface area contributed by atoms with Crippen LogP contribution >= 0.6 is 27.7 Å². The van der Waals surface area contributed by atoms with E-state index in [2.05, 4.69) is 40.2 Å². The Balaban J connectivity index is 1.92. The lowest BCUT2D eigenvalue weighted by molar-refractivity contribution is 0.473. The van der Waals surface area contributed by atoms with Crippen LogP contribution in [0.2, 0.25) is 0 Å². The van der Waals surface area contributed by atoms with Crippen LogP contribution in [-0.4, -0.2) is 11.3 Å². The number of hydrogen-bond acceptors (Lipinski definition) is 2. The molecular formula is C18H28BrNS. The second-order valence-corrected chi connectivity index (χ2v) is 8.41. The van der Waals surface area contributed by atoms with Gasteiger partial charge in [0.05, 0.1) is 0 Å². The van der Waals surface area contributed by atoms with Crippen LogP contribution in [0.25, 0.3) is 0 Å². The number of thioether (sulfide) groups is 1. The molecule has 2 unspecified atom stereocenters. The van der Waals surface area contributed by atoms with Crippen molar-refractivity contribution >= 4 is 27.7 Å². The van der Waals surface area contributed by atoms with Gasteiger partial charge in [-0.2, -0.15) is 0 Å². The zero-order valence-electron chi connectivity index (χ0n) is 12.9. The molecule has 2 atom stereocenters. The third-order valence-corrected chi connectivity index (χ3v) is 6.32. The van der Waals surface area contributed by atoms with Gasteiger partial charge in [0, 0.05) is 20.7 Å². The zero-order chi connectivity index (χ0) is 14.9. The molecule has 0 spiro atoms. The third kappa shape index (κ3) is 6.75. The van der Waals surface area contributed by atoms with E-state index in [1.54, 1.807) is 0 Å². The smallest absolute Gasteiger partial charge is 0.0246 e. The van der Waals surface area contributed by atoms with Crippen molar-refractivity contribution in [3.8, 4) is 0 Å². The van der Waals surface area contributed by atoms with E-state index < -0.39 is 0 Å². The number of nitrogens with two attached hydrogens (primary N) is 1. The Morgan fingerprint density at radius 3 is 1.95 bits per heavy atom. The summed E-state index contributed by atoms with van der Waals surface area (Å²) in [6.45, 7) is 0. The molecule has 1 fully saturated rings. The molecule has 2 N–H and O–H groups in total. The first-order valence-corrected chi connectivity index (χ1v) is 10.1. The van der Waals surface area contributed by atoms with E-state index in [-0.39, 0.29) is 0 Å². The molecule has 0 aromatic heterocycles. The van der Waals surface area contributed by atoms with Crippen LogP contribution in [0.4, 0.5) is 0 Å². The van der Waals surface area contributed by atoms with Crippen molar-refractivity contribution in [1.82, 2.24) is 0 Å². The summed E-state index contributed by atoms with van der Waals surface area (Å²) in [5.74, 6) is 0. The molecule has 1 nitrogen and oxygen atoms in total. The third-order valence-electron chi connectivity index (χ3n) is 4.35. The van der Waals surface area contributed by atoms with E-state index in [9.17, 15) is 0 Å². The van der Waals surface area contributed by atoms with Crippen LogP contribution in [0, 0.1) is 0 Å². The summed E-state index contributed by atoms with van der Waals surface area (Å²) in [7, 11) is 0. The normalized spacial score (nSPS) is 25.8. The standard InChI is InChI=1S/C18H28BrNS/c19-15-11-13-16(14-12-15)21-18-10-8-6-4-2-1-3-5-7-9-17(18)20/h11-14,17-18H,1-10,20H2. The molecule has 0 heterocycles. The highest BCUT2D eigenvalue weighted by Crippen LogP contribution is 2.31. The fourth-order valence-electron chi connectivity index (χ4n) is 3.02. The maximum absolute atomic E-state index is 6.51. The maximum atomic E-state index is 6.51. The Morgan fingerprint density at radius 2 is 1.33 bits per heavy atom. The van der Waals surface area contributed by atoms with E-state index in [0.717, 1.165) is 4.47 Å². The van der Waals surface area contributed by atoms with E-state index in [4.69, 9.17) is 5.73 Å². The van der Waals surface area contributed by atoms with Gasteiger partial charge in [0.15, 0.2) is 0 Å². The molecule has 0 bridgehead atoms. The number of halogens is 1. The van der Waals surface area contributed by atoms with Crippen molar-refractivity contribution in [1.29, 1.82) is 0 Å². The minimum absolute atomic E-state index is 0.345. The van der Waals surface area contributed by atoms with Gasteiger partial charge in [-0.15, -0.1) is 11.8 Å². The first-order chi connectivity index (χ1) is 10.3. The predicted molar refractivity (Wildman–Crippen MR) is 97.9 cm³/mol. The Hall–Kier alpha value is 0.01000. The fraction of sp³-hybridized carbons (Fsp3) is 0.667. The van der Waals surface area contributed by atoms with E-state index in [1.807, 2.05) is 11.8 Å². The number of hydrogen-bond donors (Lipinski definition) is 1. The van der Waals surface area contributed by atoms with Crippen molar-refractivity contribution in [3.05, 3.63) is 28.7 Å². The van der Waals surface area contributed by atoms with Gasteiger partial charge in [-0.1, -0.05) is 67.3 Å². The van der Waals surface area contributed by atoms with Crippen molar-refractivity contribution < 1.29 is 0 Å². The summed E-state index contributed by atoms with van der Waals surface area (Å²) < 4.78 is 1.15. The fourth-order valence-corrected chi connectivity index (χ4v) is 4.52. The molecule has 0 saturated heterocycles. The summed E-state index contributed by atoms with van der Waals surface area (Å²) in [6.07, 6.45) is 13.5. The van der Waals surface area contributed by atoms with Crippen LogP contribution in [0.1, 0.15) is 64.2 Å². The van der Waals surface area contributed by atoms with Gasteiger partial charge >= 0.3 is 0 Å². The molecule has 0 amide bonds. The Kier molecular flexibility index (Phi) is 8.20. The monoisotopic (exact) mass is 369 g/mol. The summed E-state index contributed by atoms with van der Waals surface area (Å²) in [4.78, 5) is 1.35. The van der Waals surface area contributed by atoms with Gasteiger partial charge in [-0.05, 0) is 37.1 Å². The van der Waals surface area contributed by atoms with Crippen LogP contribution in [-0.2, 0) is 0 Å². The van der Waals surface area contributed by atoms with E-state index in [1.165, 1.54) is 69.1 Å². The SMILES string of the molecule is NC1CCCCCCCCCCC1Sc1ccc(Br)cc1. The summed E-state index contributed by atoms with van der Waals surface area (Å²) in [6, 6.07) is 9.01. The van der Waals surface area contributed by atoms with Gasteiger partial charge in [0.25, 0.3) is 0 Å². The highest BCUT2D eigenvalue weighted by atomic mass is 79.9. The lowest BCUT2D eigenvalue weighted by atomic mass is 9.98. The molecule has 1 aliphatic rings. The first-order valence-electron chi connectivity index (χ1n) is 8.43. The number of rotatable bonds is 2. The van der Waals surface area contributed by atoms with Crippen LogP contribution in [0.15, 0.2) is 33.6 Å². The summed E-state index contributed by atoms with van der Waals surface area (Å²) in [5, 5.41) is 0.575. The Morgan fingerprint density at radius 1 is 0.810 bits per heavy atom. The second kappa shape index (κ2) is 9.91.